The molecule has 0 aliphatic rings. The molecule has 0 saturated carbocycles. The fourth-order valence-corrected chi connectivity index (χ4v) is 4.19. The summed E-state index contributed by atoms with van der Waals surface area (Å²) >= 11 is 64.4. The van der Waals surface area contributed by atoms with Crippen molar-refractivity contribution in [2.75, 3.05) is 0 Å². The highest BCUT2D eigenvalue weighted by molar-refractivity contribution is 6.82. The summed E-state index contributed by atoms with van der Waals surface area (Å²) in [4.78, 5) is 23.9. The number of carbonyl (C=O) groups excluding carboxylic acids is 2. The molecule has 0 aliphatic carbocycles. The van der Waals surface area contributed by atoms with Crippen molar-refractivity contribution in [1.82, 2.24) is 0 Å². The van der Waals surface area contributed by atoms with E-state index in [0.717, 1.165) is 12.8 Å². The highest BCUT2D eigenvalue weighted by Gasteiger charge is 2.75. The van der Waals surface area contributed by atoms with Gasteiger partial charge in [0.1, 0.15) is 0 Å². The molecule has 0 bridgehead atoms. The van der Waals surface area contributed by atoms with Crippen molar-refractivity contribution in [3.63, 3.8) is 0 Å². The van der Waals surface area contributed by atoms with Crippen LogP contribution < -0.4 is 0 Å². The Morgan fingerprint density at radius 2 is 1.19 bits per heavy atom. The Labute approximate surface area is 206 Å². The average Bonchev–Trinajstić information content (AvgIpc) is 2.45. The van der Waals surface area contributed by atoms with Gasteiger partial charge in [-0.3, -0.25) is 4.79 Å². The second-order valence-electron chi connectivity index (χ2n) is 5.01. The average molecular weight is 593 g/mol. The number of halogens is 11. The van der Waals surface area contributed by atoms with Crippen LogP contribution in [0.2, 0.25) is 0 Å². The molecule has 0 spiro atoms. The molecule has 0 radical (unpaired) electrons. The van der Waals surface area contributed by atoms with E-state index in [-0.39, 0.29) is 6.42 Å². The predicted octanol–water partition coefficient (Wildman–Crippen LogP) is 7.70. The Bertz CT molecular complexity index is 525. The van der Waals surface area contributed by atoms with Gasteiger partial charge in [-0.1, -0.05) is 147 Å². The van der Waals surface area contributed by atoms with Crippen LogP contribution in [0.5, 0.6) is 0 Å². The van der Waals surface area contributed by atoms with Gasteiger partial charge in [0.05, 0.1) is 0 Å². The number of unbranched alkanes of at least 4 members (excludes halogenated alkanes) is 2. The van der Waals surface area contributed by atoms with E-state index in [9.17, 15) is 9.59 Å². The summed E-state index contributed by atoms with van der Waals surface area (Å²) in [6.07, 6.45) is 1.98. The summed E-state index contributed by atoms with van der Waals surface area (Å²) in [6.45, 7) is 1.92. The molecule has 14 heteroatoms. The number of alkyl halides is 11. The summed E-state index contributed by atoms with van der Waals surface area (Å²) in [6, 6.07) is 0. The van der Waals surface area contributed by atoms with Crippen LogP contribution in [0.25, 0.3) is 0 Å². The second kappa shape index (κ2) is 10.1. The molecule has 0 N–H and O–H groups in total. The van der Waals surface area contributed by atoms with Crippen LogP contribution in [0.15, 0.2) is 0 Å². The van der Waals surface area contributed by atoms with Gasteiger partial charge in [-0.05, 0) is 6.42 Å². The van der Waals surface area contributed by atoms with Gasteiger partial charge in [-0.25, -0.2) is 4.79 Å². The number of rotatable bonds is 8. The van der Waals surface area contributed by atoms with Crippen LogP contribution in [0.4, 0.5) is 0 Å². The number of hydrogen-bond acceptors (Lipinski definition) is 3. The largest absolute Gasteiger partial charge is 0.391 e. The minimum Gasteiger partial charge on any atom is -0.391 e. The van der Waals surface area contributed by atoms with Crippen LogP contribution in [0.3, 0.4) is 0 Å². The molecule has 0 aromatic carbocycles. The highest BCUT2D eigenvalue weighted by Crippen LogP contribution is 2.66. The third-order valence-corrected chi connectivity index (χ3v) is 9.86. The molecule has 0 aliphatic heterocycles. The van der Waals surface area contributed by atoms with Crippen molar-refractivity contribution in [3.8, 4) is 0 Å². The normalized spacial score (nSPS) is 14.3. The minimum absolute atomic E-state index is 0.0724. The van der Waals surface area contributed by atoms with Crippen molar-refractivity contribution in [1.29, 1.82) is 0 Å². The molecule has 0 unspecified atom stereocenters. The molecule has 0 heterocycles. The minimum atomic E-state index is -2.93. The first-order chi connectivity index (χ1) is 11.4. The number of carbonyl (C=O) groups is 2. The molecule has 0 fully saturated rings. The maximum atomic E-state index is 12.2. The molecule has 0 amide bonds. The third kappa shape index (κ3) is 5.94. The molecule has 154 valence electrons. The topological polar surface area (TPSA) is 43.4 Å². The van der Waals surface area contributed by atoms with Crippen molar-refractivity contribution in [3.05, 3.63) is 0 Å². The van der Waals surface area contributed by atoms with Crippen molar-refractivity contribution in [2.24, 2.45) is 0 Å². The first kappa shape index (κ1) is 28.3. The standard InChI is InChI=1S/C12H11Cl11O3/c1-2-3-4-5-6(24)26-7(25)8(13,14)9(15,16)10(17,18)11(19,20)12(21,22)23/h2-5H2,1H3. The number of esters is 2. The van der Waals surface area contributed by atoms with Gasteiger partial charge in [-0.2, -0.15) is 0 Å². The zero-order chi connectivity index (χ0) is 21.2. The van der Waals surface area contributed by atoms with E-state index in [1.54, 1.807) is 0 Å². The first-order valence-electron chi connectivity index (χ1n) is 6.71. The smallest absolute Gasteiger partial charge is 0.353 e. The number of hydrogen-bond donors (Lipinski definition) is 0. The van der Waals surface area contributed by atoms with E-state index < -0.39 is 33.1 Å². The van der Waals surface area contributed by atoms with E-state index in [2.05, 4.69) is 4.74 Å². The van der Waals surface area contributed by atoms with Crippen LogP contribution >= 0.6 is 128 Å². The molecule has 0 saturated heterocycles. The Kier molecular flexibility index (Phi) is 11.0. The Hall–Kier alpha value is 2.33. The molecule has 0 rings (SSSR count). The SMILES string of the molecule is CCCCCC(=O)OC(=O)C(Cl)(Cl)C(Cl)(Cl)C(Cl)(Cl)C(Cl)(Cl)C(Cl)(Cl)Cl. The van der Waals surface area contributed by atoms with Gasteiger partial charge in [0, 0.05) is 6.42 Å². The van der Waals surface area contributed by atoms with Crippen molar-refractivity contribution in [2.45, 2.75) is 53.7 Å². The highest BCUT2D eigenvalue weighted by atomic mass is 35.6. The lowest BCUT2D eigenvalue weighted by atomic mass is 10.1. The zero-order valence-electron chi connectivity index (χ0n) is 12.7. The quantitative estimate of drug-likeness (QED) is 0.125. The monoisotopic (exact) mass is 588 g/mol. The molecule has 26 heavy (non-hydrogen) atoms. The zero-order valence-corrected chi connectivity index (χ0v) is 21.0. The summed E-state index contributed by atoms with van der Waals surface area (Å²) in [5.41, 5.74) is 0. The van der Waals surface area contributed by atoms with Gasteiger partial charge in [0.15, 0.2) is 8.67 Å². The predicted molar refractivity (Wildman–Crippen MR) is 113 cm³/mol. The van der Waals surface area contributed by atoms with Gasteiger partial charge >= 0.3 is 11.9 Å². The van der Waals surface area contributed by atoms with Crippen LogP contribution in [-0.4, -0.2) is 33.1 Å². The van der Waals surface area contributed by atoms with Crippen molar-refractivity contribution >= 4 is 140 Å². The molecule has 0 atom stereocenters. The fourth-order valence-electron chi connectivity index (χ4n) is 1.44. The van der Waals surface area contributed by atoms with Gasteiger partial charge in [0.2, 0.25) is 8.13 Å². The molecular weight excluding hydrogens is 582 g/mol. The van der Waals surface area contributed by atoms with Gasteiger partial charge < -0.3 is 4.74 Å². The van der Waals surface area contributed by atoms with E-state index in [1.807, 2.05) is 6.92 Å². The second-order valence-corrected chi connectivity index (χ2v) is 12.6. The van der Waals surface area contributed by atoms with Crippen LogP contribution in [-0.2, 0) is 14.3 Å². The third-order valence-electron chi connectivity index (χ3n) is 2.99. The van der Waals surface area contributed by atoms with Gasteiger partial charge in [-0.15, -0.1) is 0 Å². The Balaban J connectivity index is 5.60. The van der Waals surface area contributed by atoms with Crippen LogP contribution in [0.1, 0.15) is 32.6 Å². The Morgan fingerprint density at radius 3 is 1.58 bits per heavy atom. The maximum absolute atomic E-state index is 12.2. The summed E-state index contributed by atoms with van der Waals surface area (Å²) in [5, 5.41) is 0. The summed E-state index contributed by atoms with van der Waals surface area (Å²) in [5.74, 6) is -2.48. The first-order valence-corrected chi connectivity index (χ1v) is 10.9. The molecule has 0 aromatic rings. The summed E-state index contributed by atoms with van der Waals surface area (Å²) in [7, 11) is 0. The van der Waals surface area contributed by atoms with E-state index in [0.29, 0.717) is 6.42 Å². The number of ether oxygens (including phenoxy) is 1. The maximum Gasteiger partial charge on any atom is 0.353 e. The fraction of sp³-hybridized carbons (Fsp3) is 0.833. The van der Waals surface area contributed by atoms with Gasteiger partial charge in [0.25, 0.3) is 4.33 Å². The molecule has 0 aromatic heterocycles. The summed E-state index contributed by atoms with van der Waals surface area (Å²) < 4.78 is -9.40. The van der Waals surface area contributed by atoms with E-state index in [1.165, 1.54) is 0 Å². The lowest BCUT2D eigenvalue weighted by molar-refractivity contribution is -0.160. The molecule has 3 nitrogen and oxygen atoms in total. The van der Waals surface area contributed by atoms with Crippen LogP contribution in [0, 0.1) is 0 Å². The van der Waals surface area contributed by atoms with Crippen molar-refractivity contribution < 1.29 is 14.3 Å². The lowest BCUT2D eigenvalue weighted by Crippen LogP contribution is -2.64. The van der Waals surface area contributed by atoms with E-state index >= 15 is 0 Å². The lowest BCUT2D eigenvalue weighted by Gasteiger charge is -2.46. The van der Waals surface area contributed by atoms with E-state index in [4.69, 9.17) is 128 Å². The molecular formula is C12H11Cl11O3. The Morgan fingerprint density at radius 1 is 0.731 bits per heavy atom.